The average molecular weight is 287 g/mol. The number of hydrogen-bond donors (Lipinski definition) is 1. The van der Waals surface area contributed by atoms with Gasteiger partial charge in [-0.1, -0.05) is 23.7 Å². The molecule has 0 amide bonds. The molecule has 0 saturated carbocycles. The topological polar surface area (TPSA) is 29.5 Å². The molecule has 5 heteroatoms. The van der Waals surface area contributed by atoms with Crippen molar-refractivity contribution < 1.29 is 14.2 Å². The van der Waals surface area contributed by atoms with Crippen LogP contribution in [0.15, 0.2) is 30.3 Å². The minimum atomic E-state index is -0.760. The van der Waals surface area contributed by atoms with E-state index in [1.54, 1.807) is 30.3 Å². The first-order chi connectivity index (χ1) is 8.61. The predicted octanol–water partition coefficient (Wildman–Crippen LogP) is 3.83. The maximum Gasteiger partial charge on any atom is 0.168 e. The first-order valence-electron chi connectivity index (χ1n) is 5.36. The van der Waals surface area contributed by atoms with E-state index in [1.807, 2.05) is 0 Å². The Balaban J connectivity index is 2.19. The fraction of sp³-hybridized carbons (Fsp3) is 0.231. The van der Waals surface area contributed by atoms with Crippen molar-refractivity contribution in [1.29, 1.82) is 0 Å². The van der Waals surface area contributed by atoms with Gasteiger partial charge in [-0.3, -0.25) is 0 Å². The molecule has 1 heterocycles. The number of ether oxygens (including phenoxy) is 1. The molecular weight excluding hydrogens is 275 g/mol. The van der Waals surface area contributed by atoms with E-state index in [0.717, 1.165) is 4.88 Å². The third kappa shape index (κ3) is 2.83. The summed E-state index contributed by atoms with van der Waals surface area (Å²) in [7, 11) is 1.41. The molecule has 0 aliphatic heterocycles. The molecule has 1 unspecified atom stereocenters. The van der Waals surface area contributed by atoms with Gasteiger partial charge in [0, 0.05) is 11.3 Å². The minimum Gasteiger partial charge on any atom is -0.494 e. The lowest BCUT2D eigenvalue weighted by atomic mass is 10.1. The Morgan fingerprint density at radius 3 is 2.78 bits per heavy atom. The molecule has 1 N–H and O–H groups in total. The number of thiophene rings is 1. The SMILES string of the molecule is COc1cccc(CC(O)c2ccc(Cl)s2)c1F. The lowest BCUT2D eigenvalue weighted by Gasteiger charge is -2.11. The van der Waals surface area contributed by atoms with Crippen LogP contribution in [0.1, 0.15) is 16.5 Å². The molecule has 1 aromatic heterocycles. The average Bonchev–Trinajstić information content (AvgIpc) is 2.78. The van der Waals surface area contributed by atoms with E-state index in [4.69, 9.17) is 16.3 Å². The van der Waals surface area contributed by atoms with Gasteiger partial charge in [0.15, 0.2) is 11.6 Å². The van der Waals surface area contributed by atoms with Crippen LogP contribution in [0, 0.1) is 5.82 Å². The molecule has 0 spiro atoms. The van der Waals surface area contributed by atoms with Gasteiger partial charge in [0.05, 0.1) is 17.6 Å². The van der Waals surface area contributed by atoms with Crippen LogP contribution in [0.25, 0.3) is 0 Å². The molecular formula is C13H12ClFO2S. The van der Waals surface area contributed by atoms with Gasteiger partial charge in [-0.25, -0.2) is 4.39 Å². The number of methoxy groups -OCH3 is 1. The number of halogens is 2. The smallest absolute Gasteiger partial charge is 0.168 e. The number of aliphatic hydroxyl groups is 1. The molecule has 0 radical (unpaired) electrons. The van der Waals surface area contributed by atoms with Crippen molar-refractivity contribution in [3.8, 4) is 5.75 Å². The summed E-state index contributed by atoms with van der Waals surface area (Å²) < 4.78 is 19.4. The molecule has 0 bridgehead atoms. The summed E-state index contributed by atoms with van der Waals surface area (Å²) in [5, 5.41) is 10.0. The second-order valence-electron chi connectivity index (χ2n) is 3.80. The van der Waals surface area contributed by atoms with Gasteiger partial charge in [0.2, 0.25) is 0 Å². The van der Waals surface area contributed by atoms with Gasteiger partial charge in [-0.2, -0.15) is 0 Å². The van der Waals surface area contributed by atoms with Crippen molar-refractivity contribution in [3.05, 3.63) is 50.9 Å². The number of rotatable bonds is 4. The maximum absolute atomic E-state index is 13.9. The van der Waals surface area contributed by atoms with Crippen LogP contribution in [0.2, 0.25) is 4.34 Å². The third-order valence-electron chi connectivity index (χ3n) is 2.60. The van der Waals surface area contributed by atoms with Crippen molar-refractivity contribution in [3.63, 3.8) is 0 Å². The number of aliphatic hydroxyl groups excluding tert-OH is 1. The first-order valence-corrected chi connectivity index (χ1v) is 6.56. The zero-order valence-corrected chi connectivity index (χ0v) is 11.3. The Morgan fingerprint density at radius 1 is 1.39 bits per heavy atom. The molecule has 96 valence electrons. The Kier molecular flexibility index (Phi) is 4.22. The third-order valence-corrected chi connectivity index (χ3v) is 3.93. The second kappa shape index (κ2) is 5.69. The van der Waals surface area contributed by atoms with Crippen molar-refractivity contribution in [1.82, 2.24) is 0 Å². The van der Waals surface area contributed by atoms with Gasteiger partial charge in [0.1, 0.15) is 0 Å². The summed E-state index contributed by atoms with van der Waals surface area (Å²) in [6.07, 6.45) is -0.566. The zero-order chi connectivity index (χ0) is 13.1. The summed E-state index contributed by atoms with van der Waals surface area (Å²) in [6, 6.07) is 8.34. The van der Waals surface area contributed by atoms with Crippen LogP contribution in [-0.2, 0) is 6.42 Å². The van der Waals surface area contributed by atoms with Crippen LogP contribution >= 0.6 is 22.9 Å². The molecule has 0 aliphatic carbocycles. The zero-order valence-electron chi connectivity index (χ0n) is 9.69. The van der Waals surface area contributed by atoms with E-state index in [1.165, 1.54) is 18.4 Å². The molecule has 2 aromatic rings. The maximum atomic E-state index is 13.9. The van der Waals surface area contributed by atoms with E-state index in [0.29, 0.717) is 9.90 Å². The Labute approximate surface area is 114 Å². The monoisotopic (exact) mass is 286 g/mol. The summed E-state index contributed by atoms with van der Waals surface area (Å²) >= 11 is 7.09. The quantitative estimate of drug-likeness (QED) is 0.926. The summed E-state index contributed by atoms with van der Waals surface area (Å²) in [6.45, 7) is 0. The molecule has 1 atom stereocenters. The standard InChI is InChI=1S/C13H12ClFO2S/c1-17-10-4-2-3-8(13(10)15)7-9(16)11-5-6-12(14)18-11/h2-6,9,16H,7H2,1H3. The summed E-state index contributed by atoms with van der Waals surface area (Å²) in [5.41, 5.74) is 0.423. The molecule has 18 heavy (non-hydrogen) atoms. The highest BCUT2D eigenvalue weighted by molar-refractivity contribution is 7.16. The first kappa shape index (κ1) is 13.3. The molecule has 2 rings (SSSR count). The van der Waals surface area contributed by atoms with Gasteiger partial charge in [-0.15, -0.1) is 11.3 Å². The Hall–Kier alpha value is -1.10. The number of hydrogen-bond acceptors (Lipinski definition) is 3. The van der Waals surface area contributed by atoms with E-state index in [9.17, 15) is 9.50 Å². The summed E-state index contributed by atoms with van der Waals surface area (Å²) in [5.74, 6) is -0.245. The summed E-state index contributed by atoms with van der Waals surface area (Å²) in [4.78, 5) is 0.724. The van der Waals surface area contributed by atoms with Gasteiger partial charge >= 0.3 is 0 Å². The molecule has 0 aliphatic rings. The minimum absolute atomic E-state index is 0.184. The number of benzene rings is 1. The van der Waals surface area contributed by atoms with Crippen LogP contribution in [0.5, 0.6) is 5.75 Å². The van der Waals surface area contributed by atoms with Crippen molar-refractivity contribution in [2.75, 3.05) is 7.11 Å². The van der Waals surface area contributed by atoms with Gasteiger partial charge < -0.3 is 9.84 Å². The second-order valence-corrected chi connectivity index (χ2v) is 5.54. The normalized spacial score (nSPS) is 12.4. The van der Waals surface area contributed by atoms with E-state index in [-0.39, 0.29) is 12.2 Å². The van der Waals surface area contributed by atoms with Crippen LogP contribution in [0.4, 0.5) is 4.39 Å². The Bertz CT molecular complexity index is 542. The van der Waals surface area contributed by atoms with Crippen molar-refractivity contribution in [2.24, 2.45) is 0 Å². The van der Waals surface area contributed by atoms with Crippen LogP contribution in [0.3, 0.4) is 0 Å². The van der Waals surface area contributed by atoms with Crippen molar-refractivity contribution >= 4 is 22.9 Å². The lowest BCUT2D eigenvalue weighted by molar-refractivity contribution is 0.180. The highest BCUT2D eigenvalue weighted by atomic mass is 35.5. The van der Waals surface area contributed by atoms with E-state index >= 15 is 0 Å². The van der Waals surface area contributed by atoms with Gasteiger partial charge in [-0.05, 0) is 23.8 Å². The predicted molar refractivity (Wildman–Crippen MR) is 70.9 cm³/mol. The highest BCUT2D eigenvalue weighted by Crippen LogP contribution is 2.30. The molecule has 0 saturated heterocycles. The molecule has 0 fully saturated rings. The fourth-order valence-electron chi connectivity index (χ4n) is 1.69. The van der Waals surface area contributed by atoms with Crippen LogP contribution in [-0.4, -0.2) is 12.2 Å². The lowest BCUT2D eigenvalue weighted by Crippen LogP contribution is -2.02. The highest BCUT2D eigenvalue weighted by Gasteiger charge is 2.15. The largest absolute Gasteiger partial charge is 0.494 e. The molecule has 1 aromatic carbocycles. The molecule has 2 nitrogen and oxygen atoms in total. The van der Waals surface area contributed by atoms with Gasteiger partial charge in [0.25, 0.3) is 0 Å². The van der Waals surface area contributed by atoms with Crippen LogP contribution < -0.4 is 4.74 Å². The van der Waals surface area contributed by atoms with E-state index in [2.05, 4.69) is 0 Å². The fourth-order valence-corrected chi connectivity index (χ4v) is 2.73. The van der Waals surface area contributed by atoms with Crippen molar-refractivity contribution in [2.45, 2.75) is 12.5 Å². The Morgan fingerprint density at radius 2 is 2.17 bits per heavy atom. The van der Waals surface area contributed by atoms with E-state index < -0.39 is 11.9 Å².